The average Bonchev–Trinajstić information content (AvgIpc) is 3.47. The summed E-state index contributed by atoms with van der Waals surface area (Å²) in [6.45, 7) is 34.0. The van der Waals surface area contributed by atoms with Crippen LogP contribution in [-0.4, -0.2) is 17.2 Å². The van der Waals surface area contributed by atoms with Gasteiger partial charge in [-0.1, -0.05) is 108 Å². The van der Waals surface area contributed by atoms with Gasteiger partial charge < -0.3 is 9.84 Å². The second-order valence-corrected chi connectivity index (χ2v) is 15.4. The molecular weight excluding hydrogens is 564 g/mol. The third-order valence-corrected chi connectivity index (χ3v) is 13.1. The quantitative estimate of drug-likeness (QED) is 0.136. The van der Waals surface area contributed by atoms with Gasteiger partial charge >= 0.3 is 5.97 Å². The first-order valence-electron chi connectivity index (χ1n) is 19.2. The summed E-state index contributed by atoms with van der Waals surface area (Å²) >= 11 is 0. The normalized spacial score (nSPS) is 39.2. The Kier molecular flexibility index (Phi) is 18.6. The number of esters is 1. The number of aliphatic hydroxyl groups is 1. The predicted molar refractivity (Wildman–Crippen MR) is 202 cm³/mol. The second-order valence-electron chi connectivity index (χ2n) is 15.4. The summed E-state index contributed by atoms with van der Waals surface area (Å²) in [4.78, 5) is 11.8. The third-order valence-electron chi connectivity index (χ3n) is 13.1. The second kappa shape index (κ2) is 19.3. The maximum Gasteiger partial charge on any atom is 0.302 e. The molecule has 9 atom stereocenters. The van der Waals surface area contributed by atoms with Crippen LogP contribution in [0.1, 0.15) is 174 Å². The van der Waals surface area contributed by atoms with Crippen LogP contribution in [0.2, 0.25) is 0 Å². The van der Waals surface area contributed by atoms with Crippen molar-refractivity contribution >= 4 is 5.97 Å². The van der Waals surface area contributed by atoms with E-state index in [0.29, 0.717) is 17.8 Å². The van der Waals surface area contributed by atoms with Gasteiger partial charge in [0.2, 0.25) is 0 Å². The van der Waals surface area contributed by atoms with Crippen molar-refractivity contribution in [3.8, 4) is 12.3 Å². The van der Waals surface area contributed by atoms with E-state index in [1.54, 1.807) is 6.08 Å². The highest BCUT2D eigenvalue weighted by atomic mass is 16.5. The molecule has 0 amide bonds. The van der Waals surface area contributed by atoms with Crippen LogP contribution < -0.4 is 0 Å². The fourth-order valence-electron chi connectivity index (χ4n) is 10.9. The Hall–Kier alpha value is -1.69. The molecule has 0 saturated heterocycles. The molecular formula is C43H78O3. The molecule has 4 fully saturated rings. The predicted octanol–water partition coefficient (Wildman–Crippen LogP) is 13.1. The number of fused-ring (bicyclic) bond motifs is 3. The van der Waals surface area contributed by atoms with Gasteiger partial charge in [-0.15, -0.1) is 13.0 Å². The summed E-state index contributed by atoms with van der Waals surface area (Å²) in [5, 5.41) is 9.89. The van der Waals surface area contributed by atoms with Crippen molar-refractivity contribution in [1.29, 1.82) is 0 Å². The van der Waals surface area contributed by atoms with Gasteiger partial charge in [-0.05, 0) is 122 Å². The van der Waals surface area contributed by atoms with Crippen molar-refractivity contribution in [2.45, 2.75) is 180 Å². The zero-order valence-corrected chi connectivity index (χ0v) is 33.2. The largest absolute Gasteiger partial charge is 0.516 e. The molecule has 0 radical (unpaired) electrons. The van der Waals surface area contributed by atoms with Crippen LogP contribution in [0.4, 0.5) is 0 Å². The van der Waals surface area contributed by atoms with Crippen molar-refractivity contribution in [3.05, 3.63) is 25.0 Å². The van der Waals surface area contributed by atoms with Crippen LogP contribution in [0.5, 0.6) is 0 Å². The fraction of sp³-hybridized carbons (Fsp3) is 0.837. The van der Waals surface area contributed by atoms with Gasteiger partial charge in [0.05, 0.1) is 12.2 Å². The number of allylic oxidation sites excluding steroid dienone is 2. The van der Waals surface area contributed by atoms with Gasteiger partial charge in [-0.3, -0.25) is 4.79 Å². The van der Waals surface area contributed by atoms with E-state index < -0.39 is 0 Å². The maximum absolute atomic E-state index is 11.8. The van der Waals surface area contributed by atoms with Crippen LogP contribution >= 0.6 is 0 Å². The first-order valence-corrected chi connectivity index (χ1v) is 19.2. The topological polar surface area (TPSA) is 46.5 Å². The van der Waals surface area contributed by atoms with E-state index in [1.807, 2.05) is 48.5 Å². The Morgan fingerprint density at radius 1 is 0.957 bits per heavy atom. The van der Waals surface area contributed by atoms with E-state index in [2.05, 4.69) is 60.1 Å². The lowest BCUT2D eigenvalue weighted by molar-refractivity contribution is -0.235. The van der Waals surface area contributed by atoms with Crippen molar-refractivity contribution in [2.75, 3.05) is 0 Å². The summed E-state index contributed by atoms with van der Waals surface area (Å²) in [6.07, 6.45) is 25.4. The molecule has 0 spiro atoms. The van der Waals surface area contributed by atoms with Crippen LogP contribution in [-0.2, 0) is 9.53 Å². The molecule has 0 heterocycles. The molecule has 4 aliphatic rings. The summed E-state index contributed by atoms with van der Waals surface area (Å²) < 4.78 is 5.70. The van der Waals surface area contributed by atoms with Crippen molar-refractivity contribution in [2.24, 2.45) is 50.7 Å². The number of rotatable bonds is 6. The van der Waals surface area contributed by atoms with Gasteiger partial charge in [-0.25, -0.2) is 0 Å². The number of hydrogen-bond acceptors (Lipinski definition) is 3. The number of carbonyl (C=O) groups is 1. The standard InChI is InChI=1S/C34H54O3.C3H6.3C2H6/c1-9-26-23-30(5,16-13-27(26)37-25(4)36)28-14-18-32(7)29-11-10-15-34(29,21-22-35)20-19-33(32,8)31(28,6)17-12-24(2)3;1-3-2;3*1-2/h1,21-22,24,26-29,35H,10-20,23H2,2-8H3;3H,1H2,2H3;3*1-2H3/t26?,27?,28?,29?,30?,31?,32?,33-,34?;;;;/m0..../s1. The first-order chi connectivity index (χ1) is 21.7. The molecule has 0 aromatic carbocycles. The van der Waals surface area contributed by atoms with Crippen molar-refractivity contribution in [1.82, 2.24) is 0 Å². The number of ether oxygens (including phenoxy) is 1. The van der Waals surface area contributed by atoms with E-state index in [0.717, 1.165) is 19.3 Å². The Bertz CT molecular complexity index is 975. The average molecular weight is 643 g/mol. The number of hydrogen-bond donors (Lipinski definition) is 1. The van der Waals surface area contributed by atoms with E-state index in [-0.39, 0.29) is 45.1 Å². The Balaban J connectivity index is 0.00000205. The zero-order valence-electron chi connectivity index (χ0n) is 33.2. The molecule has 0 aromatic heterocycles. The number of aliphatic hydroxyl groups excluding tert-OH is 1. The minimum atomic E-state index is -0.212. The van der Waals surface area contributed by atoms with Gasteiger partial charge in [0.15, 0.2) is 0 Å². The lowest BCUT2D eigenvalue weighted by Gasteiger charge is -2.72. The maximum atomic E-state index is 11.8. The first kappa shape index (κ1) is 44.3. The van der Waals surface area contributed by atoms with Gasteiger partial charge in [0.1, 0.15) is 6.10 Å². The molecule has 3 heteroatoms. The number of carbonyl (C=O) groups excluding carboxylic acids is 1. The van der Waals surface area contributed by atoms with E-state index >= 15 is 0 Å². The molecule has 3 nitrogen and oxygen atoms in total. The number of terminal acetylenes is 1. The van der Waals surface area contributed by atoms with Crippen molar-refractivity contribution in [3.63, 3.8) is 0 Å². The molecule has 4 aliphatic carbocycles. The third kappa shape index (κ3) is 8.66. The Morgan fingerprint density at radius 2 is 1.54 bits per heavy atom. The molecule has 1 N–H and O–H groups in total. The fourth-order valence-corrected chi connectivity index (χ4v) is 10.9. The van der Waals surface area contributed by atoms with Crippen LogP contribution in [0, 0.1) is 63.1 Å². The van der Waals surface area contributed by atoms with E-state index in [1.165, 1.54) is 71.0 Å². The van der Waals surface area contributed by atoms with Crippen LogP contribution in [0.3, 0.4) is 0 Å². The molecule has 46 heavy (non-hydrogen) atoms. The van der Waals surface area contributed by atoms with Gasteiger partial charge in [0, 0.05) is 6.92 Å². The van der Waals surface area contributed by atoms with Gasteiger partial charge in [-0.2, -0.15) is 0 Å². The van der Waals surface area contributed by atoms with Crippen LogP contribution in [0.15, 0.2) is 25.0 Å². The lowest BCUT2D eigenvalue weighted by atomic mass is 9.32. The molecule has 8 unspecified atom stereocenters. The summed E-state index contributed by atoms with van der Waals surface area (Å²) in [5.74, 6) is 4.77. The summed E-state index contributed by atoms with van der Waals surface area (Å²) in [5.41, 5.74) is 1.04. The summed E-state index contributed by atoms with van der Waals surface area (Å²) in [7, 11) is 0. The Morgan fingerprint density at radius 3 is 2.04 bits per heavy atom. The molecule has 4 rings (SSSR count). The molecule has 0 bridgehead atoms. The van der Waals surface area contributed by atoms with Gasteiger partial charge in [0.25, 0.3) is 0 Å². The smallest absolute Gasteiger partial charge is 0.302 e. The Labute approximate surface area is 288 Å². The lowest BCUT2D eigenvalue weighted by Crippen LogP contribution is -2.65. The minimum Gasteiger partial charge on any atom is -0.516 e. The highest BCUT2D eigenvalue weighted by Crippen LogP contribution is 2.78. The SMILES string of the molecule is C#CC1CC(C)(C2CCC3(C)C4CCCC4(C=CO)CC[C@@]3(C)C2(C)CCC(C)C)CCC1OC(C)=O.C=CC.CC.CC.CC. The molecule has 268 valence electrons. The monoisotopic (exact) mass is 643 g/mol. The van der Waals surface area contributed by atoms with Crippen LogP contribution in [0.25, 0.3) is 0 Å². The van der Waals surface area contributed by atoms with Crippen molar-refractivity contribution < 1.29 is 14.6 Å². The molecule has 0 aromatic rings. The summed E-state index contributed by atoms with van der Waals surface area (Å²) in [6, 6.07) is 0. The molecule has 0 aliphatic heterocycles. The highest BCUT2D eigenvalue weighted by Gasteiger charge is 2.70. The van der Waals surface area contributed by atoms with E-state index in [9.17, 15) is 9.90 Å². The van der Waals surface area contributed by atoms with E-state index in [4.69, 9.17) is 11.2 Å². The zero-order chi connectivity index (χ0) is 36.0. The molecule has 4 saturated carbocycles. The highest BCUT2D eigenvalue weighted by molar-refractivity contribution is 5.66. The minimum absolute atomic E-state index is 0.00152.